The molecule has 0 spiro atoms. The van der Waals surface area contributed by atoms with Gasteiger partial charge in [-0.25, -0.2) is 9.59 Å². The van der Waals surface area contributed by atoms with E-state index in [-0.39, 0.29) is 46.2 Å². The molecule has 0 bridgehead atoms. The number of nitrogens with zero attached hydrogens (tertiary/aromatic N) is 2. The van der Waals surface area contributed by atoms with E-state index in [0.29, 0.717) is 9.75 Å². The Morgan fingerprint density at radius 1 is 1.12 bits per heavy atom. The van der Waals surface area contributed by atoms with E-state index in [1.165, 1.54) is 25.0 Å². The Balaban J connectivity index is 0.000000405. The molecule has 2 aromatic heterocycles. The molecule has 178 valence electrons. The Kier molecular flexibility index (Phi) is 9.67. The molecule has 0 unspecified atom stereocenters. The Morgan fingerprint density at radius 2 is 1.70 bits per heavy atom. The number of aliphatic imine (C=N–C) groups is 1. The van der Waals surface area contributed by atoms with E-state index in [1.807, 2.05) is 0 Å². The number of primary amides is 1. The number of hydrogen-bond donors (Lipinski definition) is 1. The molecule has 12 heteroatoms. The average molecular weight is 496 g/mol. The van der Waals surface area contributed by atoms with E-state index >= 15 is 0 Å². The third-order valence-corrected chi connectivity index (χ3v) is 7.08. The first-order chi connectivity index (χ1) is 15.7. The Morgan fingerprint density at radius 3 is 2.12 bits per heavy atom. The lowest BCUT2D eigenvalue weighted by Crippen LogP contribution is -2.19. The fourth-order valence-corrected chi connectivity index (χ4v) is 5.27. The number of nitro groups is 1. The van der Waals surface area contributed by atoms with Gasteiger partial charge in [0.25, 0.3) is 0 Å². The Bertz CT molecular complexity index is 1040. The molecule has 0 atom stereocenters. The highest BCUT2D eigenvalue weighted by molar-refractivity contribution is 7.25. The first-order valence-electron chi connectivity index (χ1n) is 10.3. The average Bonchev–Trinajstić information content (AvgIpc) is 3.53. The third kappa shape index (κ3) is 6.45. The Hall–Kier alpha value is -3.12. The van der Waals surface area contributed by atoms with Crippen molar-refractivity contribution in [2.45, 2.75) is 39.5 Å². The molecule has 1 fully saturated rings. The zero-order valence-corrected chi connectivity index (χ0v) is 20.0. The van der Waals surface area contributed by atoms with Crippen molar-refractivity contribution in [3.8, 4) is 9.75 Å². The number of hydrogen-bond acceptors (Lipinski definition) is 10. The maximum absolute atomic E-state index is 12.4. The van der Waals surface area contributed by atoms with Crippen molar-refractivity contribution in [1.82, 2.24) is 0 Å². The number of ether oxygens (including phenoxy) is 2. The normalized spacial score (nSPS) is 13.0. The summed E-state index contributed by atoms with van der Waals surface area (Å²) in [4.78, 5) is 50.2. The van der Waals surface area contributed by atoms with Crippen LogP contribution in [0.3, 0.4) is 0 Å². The summed E-state index contributed by atoms with van der Waals surface area (Å²) in [6.07, 6.45) is 4.42. The van der Waals surface area contributed by atoms with E-state index in [4.69, 9.17) is 15.2 Å². The third-order valence-electron chi connectivity index (χ3n) is 4.75. The van der Waals surface area contributed by atoms with Gasteiger partial charge in [0, 0.05) is 12.0 Å². The number of rotatable bonds is 8. The molecule has 3 rings (SSSR count). The molecule has 1 aliphatic carbocycles. The van der Waals surface area contributed by atoms with Crippen LogP contribution in [0.25, 0.3) is 9.75 Å². The second kappa shape index (κ2) is 12.2. The van der Waals surface area contributed by atoms with Gasteiger partial charge in [0.1, 0.15) is 10.6 Å². The molecular formula is C21H25N3O7S2. The minimum Gasteiger partial charge on any atom is -0.462 e. The SMILES string of the molecule is C=Nc1sc(-c2ccc([N+](=O)[O-])s2)c(C(=O)OCC)c1C(=O)OCC.NC(=O)C1CCCC1. The predicted octanol–water partition coefficient (Wildman–Crippen LogP) is 4.73. The molecule has 0 saturated heterocycles. The van der Waals surface area contributed by atoms with Crippen LogP contribution in [0.1, 0.15) is 60.2 Å². The molecule has 1 saturated carbocycles. The Labute approximate surface area is 198 Å². The van der Waals surface area contributed by atoms with E-state index in [0.717, 1.165) is 35.5 Å². The molecule has 10 nitrogen and oxygen atoms in total. The van der Waals surface area contributed by atoms with E-state index in [9.17, 15) is 24.5 Å². The largest absolute Gasteiger partial charge is 0.462 e. The number of carbonyl (C=O) groups is 3. The quantitative estimate of drug-likeness (QED) is 0.240. The van der Waals surface area contributed by atoms with Crippen LogP contribution in [-0.2, 0) is 14.3 Å². The lowest BCUT2D eigenvalue weighted by molar-refractivity contribution is -0.380. The van der Waals surface area contributed by atoms with Gasteiger partial charge in [-0.3, -0.25) is 19.9 Å². The molecule has 1 aliphatic rings. The van der Waals surface area contributed by atoms with Crippen molar-refractivity contribution in [3.63, 3.8) is 0 Å². The first kappa shape index (κ1) is 26.1. The number of esters is 2. The summed E-state index contributed by atoms with van der Waals surface area (Å²) in [5.41, 5.74) is 5.01. The summed E-state index contributed by atoms with van der Waals surface area (Å²) in [7, 11) is 0. The van der Waals surface area contributed by atoms with Crippen LogP contribution in [0.4, 0.5) is 10.0 Å². The number of amides is 1. The smallest absolute Gasteiger partial charge is 0.342 e. The lowest BCUT2D eigenvalue weighted by Gasteiger charge is -2.06. The van der Waals surface area contributed by atoms with Gasteiger partial charge in [0.15, 0.2) is 0 Å². The molecule has 0 aromatic carbocycles. The van der Waals surface area contributed by atoms with Crippen molar-refractivity contribution in [2.24, 2.45) is 16.6 Å². The molecule has 0 radical (unpaired) electrons. The monoisotopic (exact) mass is 495 g/mol. The molecule has 2 N–H and O–H groups in total. The van der Waals surface area contributed by atoms with Gasteiger partial charge in [-0.15, -0.1) is 11.3 Å². The molecule has 2 aromatic rings. The summed E-state index contributed by atoms with van der Waals surface area (Å²) < 4.78 is 10.0. The highest BCUT2D eigenvalue weighted by atomic mass is 32.1. The van der Waals surface area contributed by atoms with Gasteiger partial charge >= 0.3 is 16.9 Å². The summed E-state index contributed by atoms with van der Waals surface area (Å²) in [6.45, 7) is 6.92. The van der Waals surface area contributed by atoms with Crippen LogP contribution in [0.5, 0.6) is 0 Å². The van der Waals surface area contributed by atoms with Crippen molar-refractivity contribution in [2.75, 3.05) is 13.2 Å². The van der Waals surface area contributed by atoms with Crippen LogP contribution in [0.15, 0.2) is 17.1 Å². The zero-order valence-electron chi connectivity index (χ0n) is 18.3. The van der Waals surface area contributed by atoms with Gasteiger partial charge in [-0.1, -0.05) is 24.2 Å². The summed E-state index contributed by atoms with van der Waals surface area (Å²) >= 11 is 1.92. The van der Waals surface area contributed by atoms with Crippen LogP contribution in [-0.4, -0.2) is 42.7 Å². The number of nitrogens with two attached hydrogens (primary N) is 1. The van der Waals surface area contributed by atoms with Crippen LogP contribution in [0, 0.1) is 16.0 Å². The van der Waals surface area contributed by atoms with E-state index in [1.54, 1.807) is 13.8 Å². The predicted molar refractivity (Wildman–Crippen MR) is 127 cm³/mol. The zero-order chi connectivity index (χ0) is 24.5. The van der Waals surface area contributed by atoms with E-state index < -0.39 is 16.9 Å². The van der Waals surface area contributed by atoms with Crippen LogP contribution >= 0.6 is 22.7 Å². The van der Waals surface area contributed by atoms with Crippen molar-refractivity contribution in [3.05, 3.63) is 33.4 Å². The van der Waals surface area contributed by atoms with Crippen LogP contribution in [0.2, 0.25) is 0 Å². The summed E-state index contributed by atoms with van der Waals surface area (Å²) in [5.74, 6) is -1.35. The maximum Gasteiger partial charge on any atom is 0.342 e. The maximum atomic E-state index is 12.4. The minimum atomic E-state index is -0.721. The second-order valence-corrected chi connectivity index (χ2v) is 8.93. The van der Waals surface area contributed by atoms with E-state index in [2.05, 4.69) is 11.7 Å². The fraction of sp³-hybridized carbons (Fsp3) is 0.429. The molecule has 2 heterocycles. The first-order valence-corrected chi connectivity index (χ1v) is 11.9. The van der Waals surface area contributed by atoms with Gasteiger partial charge < -0.3 is 15.2 Å². The standard InChI is InChI=1S/C15H14N2O6S2.C6H11NO/c1-4-22-14(18)10-11(15(19)23-5-2)13(16-3)25-12(10)8-6-7-9(24-8)17(20)21;7-6(8)5-3-1-2-4-5/h6-7H,3-5H2,1-2H3;5H,1-4H2,(H2,7,8). The number of thiophene rings is 2. The summed E-state index contributed by atoms with van der Waals surface area (Å²) in [6, 6.07) is 2.85. The van der Waals surface area contributed by atoms with Crippen molar-refractivity contribution in [1.29, 1.82) is 0 Å². The van der Waals surface area contributed by atoms with Gasteiger partial charge in [0.05, 0.1) is 33.5 Å². The minimum absolute atomic E-state index is 0.00977. The fourth-order valence-electron chi connectivity index (χ4n) is 3.25. The number of carbonyl (C=O) groups excluding carboxylic acids is 3. The van der Waals surface area contributed by atoms with Gasteiger partial charge in [0.2, 0.25) is 5.91 Å². The summed E-state index contributed by atoms with van der Waals surface area (Å²) in [5, 5.41) is 11.0. The molecular weight excluding hydrogens is 470 g/mol. The molecule has 33 heavy (non-hydrogen) atoms. The molecule has 0 aliphatic heterocycles. The highest BCUT2D eigenvalue weighted by Gasteiger charge is 2.31. The van der Waals surface area contributed by atoms with Crippen molar-refractivity contribution < 1.29 is 28.8 Å². The second-order valence-electron chi connectivity index (χ2n) is 6.86. The topological polar surface area (TPSA) is 151 Å². The lowest BCUT2D eigenvalue weighted by atomic mass is 10.1. The van der Waals surface area contributed by atoms with Crippen LogP contribution < -0.4 is 5.73 Å². The van der Waals surface area contributed by atoms with Gasteiger partial charge in [-0.05, 0) is 39.5 Å². The van der Waals surface area contributed by atoms with Gasteiger partial charge in [-0.2, -0.15) is 0 Å². The van der Waals surface area contributed by atoms with Crippen molar-refractivity contribution >= 4 is 57.2 Å². The highest BCUT2D eigenvalue weighted by Crippen LogP contribution is 2.45. The molecule has 1 amide bonds.